The normalized spacial score (nSPS) is 18.1. The van der Waals surface area contributed by atoms with Crippen LogP contribution in [0.15, 0.2) is 46.3 Å². The number of aryl methyl sites for hydroxylation is 1. The summed E-state index contributed by atoms with van der Waals surface area (Å²) in [7, 11) is -1.64. The van der Waals surface area contributed by atoms with Crippen molar-refractivity contribution in [2.75, 3.05) is 37.0 Å². The van der Waals surface area contributed by atoms with Gasteiger partial charge < -0.3 is 19.2 Å². The van der Waals surface area contributed by atoms with Crippen molar-refractivity contribution in [2.24, 2.45) is 12.5 Å². The maximum absolute atomic E-state index is 12.6. The minimum absolute atomic E-state index is 0.0444. The van der Waals surface area contributed by atoms with Crippen LogP contribution in [0.1, 0.15) is 6.92 Å². The maximum atomic E-state index is 12.6. The first kappa shape index (κ1) is 18.4. The fourth-order valence-corrected chi connectivity index (χ4v) is 5.26. The summed E-state index contributed by atoms with van der Waals surface area (Å²) in [5, 5.41) is 0.794. The van der Waals surface area contributed by atoms with E-state index >= 15 is 0 Å². The molecule has 2 aromatic heterocycles. The lowest BCUT2D eigenvalue weighted by Crippen LogP contribution is -2.66. The number of benzene rings is 1. The second-order valence-electron chi connectivity index (χ2n) is 8.16. The average Bonchev–Trinajstić information content (AvgIpc) is 3.12. The van der Waals surface area contributed by atoms with E-state index in [1.807, 2.05) is 12.1 Å². The predicted octanol–water partition coefficient (Wildman–Crippen LogP) is 2.16. The van der Waals surface area contributed by atoms with Crippen molar-refractivity contribution >= 4 is 26.4 Å². The molecule has 152 valence electrons. The number of anilines is 1. The summed E-state index contributed by atoms with van der Waals surface area (Å²) in [5.41, 5.74) is 3.30. The molecule has 0 saturated carbocycles. The molecule has 1 aromatic carbocycles. The van der Waals surface area contributed by atoms with Crippen LogP contribution in [0.4, 0.5) is 5.69 Å². The summed E-state index contributed by atoms with van der Waals surface area (Å²) in [6.45, 7) is 4.99. The van der Waals surface area contributed by atoms with Crippen LogP contribution in [0.3, 0.4) is 0 Å². The van der Waals surface area contributed by atoms with Gasteiger partial charge in [0.2, 0.25) is 0 Å². The number of ether oxygens (including phenoxy) is 1. The van der Waals surface area contributed by atoms with Gasteiger partial charge in [0.05, 0.1) is 29.3 Å². The highest BCUT2D eigenvalue weighted by Gasteiger charge is 2.49. The number of nitrogens with one attached hydrogen (secondary N) is 1. The van der Waals surface area contributed by atoms with Gasteiger partial charge in [0, 0.05) is 54.7 Å². The molecular weight excluding hydrogens is 390 g/mol. The number of hydrogen-bond acceptors (Lipinski definition) is 5. The summed E-state index contributed by atoms with van der Waals surface area (Å²) in [4.78, 5) is 18.1. The molecule has 29 heavy (non-hydrogen) atoms. The van der Waals surface area contributed by atoms with Gasteiger partial charge in [0.1, 0.15) is 5.52 Å². The number of hydrogen-bond donors (Lipinski definition) is 1. The topological polar surface area (TPSA) is 84.4 Å². The van der Waals surface area contributed by atoms with Crippen molar-refractivity contribution < 1.29 is 13.2 Å². The molecule has 2 aliphatic rings. The number of sulfone groups is 1. The van der Waals surface area contributed by atoms with E-state index in [1.54, 1.807) is 38.5 Å². The first-order valence-corrected chi connectivity index (χ1v) is 11.4. The summed E-state index contributed by atoms with van der Waals surface area (Å²) in [5.74, 6) is 0.0444. The van der Waals surface area contributed by atoms with Crippen molar-refractivity contribution in [2.45, 2.75) is 11.8 Å². The molecule has 4 heterocycles. The lowest BCUT2D eigenvalue weighted by atomic mass is 9.77. The minimum Gasteiger partial charge on any atom is -0.380 e. The molecule has 0 atom stereocenters. The van der Waals surface area contributed by atoms with E-state index in [0.717, 1.165) is 48.5 Å². The molecule has 3 aromatic rings. The van der Waals surface area contributed by atoms with E-state index in [9.17, 15) is 13.2 Å². The Morgan fingerprint density at radius 3 is 2.59 bits per heavy atom. The van der Waals surface area contributed by atoms with Crippen LogP contribution in [0.2, 0.25) is 0 Å². The van der Waals surface area contributed by atoms with Gasteiger partial charge in [-0.05, 0) is 24.3 Å². The van der Waals surface area contributed by atoms with Crippen LogP contribution in [-0.4, -0.2) is 50.0 Å². The first-order chi connectivity index (χ1) is 13.8. The maximum Gasteiger partial charge on any atom is 0.274 e. The smallest absolute Gasteiger partial charge is 0.274 e. The number of aromatic amines is 1. The molecular formula is C21H23N3O4S. The van der Waals surface area contributed by atoms with E-state index in [1.165, 1.54) is 4.57 Å². The number of H-pyrrole nitrogens is 1. The van der Waals surface area contributed by atoms with Crippen LogP contribution in [0, 0.1) is 5.41 Å². The fraction of sp³-hybridized carbons (Fsp3) is 0.381. The van der Waals surface area contributed by atoms with E-state index in [2.05, 4.69) is 9.88 Å². The third-order valence-electron chi connectivity index (χ3n) is 6.10. The standard InChI is InChI=1S/C21H23N3O4S/c1-3-29(26,27)14-4-5-18(24-10-21(11-24)12-28-13-21)16(8-14)17-9-23(2)20(25)19-15(17)6-7-22-19/h4-9,22H,3,10-13H2,1-2H3. The molecule has 8 heteroatoms. The number of nitrogens with zero attached hydrogens (tertiary/aromatic N) is 2. The third kappa shape index (κ3) is 2.73. The van der Waals surface area contributed by atoms with Crippen molar-refractivity contribution in [1.29, 1.82) is 0 Å². The highest BCUT2D eigenvalue weighted by atomic mass is 32.2. The Bertz CT molecular complexity index is 1280. The number of fused-ring (bicyclic) bond motifs is 1. The minimum atomic E-state index is -3.35. The number of aromatic nitrogens is 2. The second-order valence-corrected chi connectivity index (χ2v) is 10.4. The van der Waals surface area contributed by atoms with Gasteiger partial charge in [0.15, 0.2) is 9.84 Å². The third-order valence-corrected chi connectivity index (χ3v) is 7.83. The summed E-state index contributed by atoms with van der Waals surface area (Å²) < 4.78 is 32.0. The van der Waals surface area contributed by atoms with E-state index < -0.39 is 9.84 Å². The van der Waals surface area contributed by atoms with Crippen LogP contribution < -0.4 is 10.5 Å². The number of rotatable bonds is 4. The average molecular weight is 413 g/mol. The van der Waals surface area contributed by atoms with E-state index in [4.69, 9.17) is 4.74 Å². The lowest BCUT2D eigenvalue weighted by Gasteiger charge is -2.56. The van der Waals surface area contributed by atoms with E-state index in [0.29, 0.717) is 10.4 Å². The van der Waals surface area contributed by atoms with Crippen LogP contribution in [0.25, 0.3) is 22.0 Å². The monoisotopic (exact) mass is 413 g/mol. The quantitative estimate of drug-likeness (QED) is 0.709. The molecule has 1 spiro atoms. The molecule has 0 radical (unpaired) electrons. The second kappa shape index (κ2) is 6.21. The van der Waals surface area contributed by atoms with Gasteiger partial charge in [-0.25, -0.2) is 8.42 Å². The molecule has 0 bridgehead atoms. The molecule has 7 nitrogen and oxygen atoms in total. The molecule has 2 saturated heterocycles. The van der Waals surface area contributed by atoms with Crippen molar-refractivity contribution in [3.63, 3.8) is 0 Å². The Morgan fingerprint density at radius 1 is 1.17 bits per heavy atom. The zero-order valence-corrected chi connectivity index (χ0v) is 17.3. The van der Waals surface area contributed by atoms with Crippen LogP contribution in [0.5, 0.6) is 0 Å². The molecule has 0 unspecified atom stereocenters. The van der Waals surface area contributed by atoms with Gasteiger partial charge in [-0.1, -0.05) is 6.92 Å². The highest BCUT2D eigenvalue weighted by Crippen LogP contribution is 2.44. The molecule has 0 amide bonds. The molecule has 1 N–H and O–H groups in total. The Morgan fingerprint density at radius 2 is 1.93 bits per heavy atom. The predicted molar refractivity (Wildman–Crippen MR) is 112 cm³/mol. The zero-order valence-electron chi connectivity index (χ0n) is 16.4. The molecule has 0 aliphatic carbocycles. The fourth-order valence-electron chi connectivity index (χ4n) is 4.36. The number of pyridine rings is 1. The molecule has 2 fully saturated rings. The van der Waals surface area contributed by atoms with E-state index in [-0.39, 0.29) is 16.7 Å². The summed E-state index contributed by atoms with van der Waals surface area (Å²) in [6.07, 6.45) is 3.54. The van der Waals surface area contributed by atoms with Gasteiger partial charge in [-0.3, -0.25) is 4.79 Å². The van der Waals surface area contributed by atoms with Gasteiger partial charge >= 0.3 is 0 Å². The Kier molecular flexibility index (Phi) is 3.95. The Balaban J connectivity index is 1.71. The highest BCUT2D eigenvalue weighted by molar-refractivity contribution is 7.91. The first-order valence-electron chi connectivity index (χ1n) is 9.70. The Labute approximate surface area is 168 Å². The van der Waals surface area contributed by atoms with Crippen molar-refractivity contribution in [1.82, 2.24) is 9.55 Å². The van der Waals surface area contributed by atoms with Crippen LogP contribution >= 0.6 is 0 Å². The summed E-state index contributed by atoms with van der Waals surface area (Å²) >= 11 is 0. The largest absolute Gasteiger partial charge is 0.380 e. The van der Waals surface area contributed by atoms with Crippen molar-refractivity contribution in [3.8, 4) is 11.1 Å². The Hall–Kier alpha value is -2.58. The lowest BCUT2D eigenvalue weighted by molar-refractivity contribution is -0.127. The van der Waals surface area contributed by atoms with Crippen LogP contribution in [-0.2, 0) is 21.6 Å². The molecule has 2 aliphatic heterocycles. The van der Waals surface area contributed by atoms with Crippen molar-refractivity contribution in [3.05, 3.63) is 47.0 Å². The molecule has 5 rings (SSSR count). The zero-order chi connectivity index (χ0) is 20.4. The van der Waals surface area contributed by atoms with Gasteiger partial charge in [-0.15, -0.1) is 0 Å². The van der Waals surface area contributed by atoms with Gasteiger partial charge in [0.25, 0.3) is 5.56 Å². The SMILES string of the molecule is CCS(=O)(=O)c1ccc(N2CC3(COC3)C2)c(-c2cn(C)c(=O)c3[nH]ccc23)c1. The van der Waals surface area contributed by atoms with Gasteiger partial charge in [-0.2, -0.15) is 0 Å². The summed E-state index contributed by atoms with van der Waals surface area (Å²) in [6, 6.07) is 7.21.